The first-order valence-corrected chi connectivity index (χ1v) is 5.23. The topological polar surface area (TPSA) is 81.4 Å². The molecular weight excluding hydrogens is 220 g/mol. The molecule has 0 fully saturated rings. The van der Waals surface area contributed by atoms with Crippen LogP contribution in [0.2, 0.25) is 0 Å². The SMILES string of the molecule is COC(=O)C[C@H](N)c1ccc(NC(C)=O)cc1. The second-order valence-electron chi connectivity index (χ2n) is 3.69. The third-order valence-corrected chi connectivity index (χ3v) is 2.27. The fourth-order valence-electron chi connectivity index (χ4n) is 1.40. The highest BCUT2D eigenvalue weighted by atomic mass is 16.5. The van der Waals surface area contributed by atoms with Crippen LogP contribution in [-0.4, -0.2) is 19.0 Å². The van der Waals surface area contributed by atoms with E-state index in [4.69, 9.17) is 5.73 Å². The summed E-state index contributed by atoms with van der Waals surface area (Å²) in [6.45, 7) is 1.44. The number of ether oxygens (including phenoxy) is 1. The number of carbonyl (C=O) groups is 2. The third kappa shape index (κ3) is 4.24. The van der Waals surface area contributed by atoms with Crippen LogP contribution in [-0.2, 0) is 14.3 Å². The second-order valence-corrected chi connectivity index (χ2v) is 3.69. The van der Waals surface area contributed by atoms with Crippen LogP contribution in [0.25, 0.3) is 0 Å². The average Bonchev–Trinajstić information content (AvgIpc) is 2.28. The number of benzene rings is 1. The Bertz CT molecular complexity index is 401. The van der Waals surface area contributed by atoms with Crippen molar-refractivity contribution in [1.29, 1.82) is 0 Å². The van der Waals surface area contributed by atoms with E-state index in [1.807, 2.05) is 0 Å². The lowest BCUT2D eigenvalue weighted by molar-refractivity contribution is -0.141. The second kappa shape index (κ2) is 6.00. The van der Waals surface area contributed by atoms with Gasteiger partial charge in [0, 0.05) is 18.7 Å². The number of hydrogen-bond acceptors (Lipinski definition) is 4. The third-order valence-electron chi connectivity index (χ3n) is 2.27. The maximum atomic E-state index is 11.0. The minimum atomic E-state index is -0.395. The van der Waals surface area contributed by atoms with E-state index in [-0.39, 0.29) is 18.3 Å². The van der Waals surface area contributed by atoms with Crippen molar-refractivity contribution in [1.82, 2.24) is 0 Å². The summed E-state index contributed by atoms with van der Waals surface area (Å²) >= 11 is 0. The summed E-state index contributed by atoms with van der Waals surface area (Å²) in [4.78, 5) is 21.9. The van der Waals surface area contributed by atoms with E-state index in [1.54, 1.807) is 24.3 Å². The zero-order chi connectivity index (χ0) is 12.8. The molecule has 0 saturated heterocycles. The van der Waals surface area contributed by atoms with Crippen molar-refractivity contribution >= 4 is 17.6 Å². The van der Waals surface area contributed by atoms with Crippen LogP contribution in [0.5, 0.6) is 0 Å². The number of esters is 1. The van der Waals surface area contributed by atoms with Crippen LogP contribution in [0.4, 0.5) is 5.69 Å². The summed E-state index contributed by atoms with van der Waals surface area (Å²) in [6, 6.07) is 6.65. The molecule has 0 aliphatic carbocycles. The van der Waals surface area contributed by atoms with Crippen molar-refractivity contribution in [3.63, 3.8) is 0 Å². The monoisotopic (exact) mass is 236 g/mol. The quantitative estimate of drug-likeness (QED) is 0.770. The van der Waals surface area contributed by atoms with Crippen molar-refractivity contribution in [3.05, 3.63) is 29.8 Å². The molecule has 1 atom stereocenters. The lowest BCUT2D eigenvalue weighted by Gasteiger charge is -2.11. The number of rotatable bonds is 4. The molecule has 0 saturated carbocycles. The molecule has 3 N–H and O–H groups in total. The summed E-state index contributed by atoms with van der Waals surface area (Å²) in [7, 11) is 1.33. The number of nitrogens with one attached hydrogen (secondary N) is 1. The molecule has 92 valence electrons. The Kier molecular flexibility index (Phi) is 4.66. The van der Waals surface area contributed by atoms with Crippen LogP contribution in [0.3, 0.4) is 0 Å². The van der Waals surface area contributed by atoms with Gasteiger partial charge in [-0.15, -0.1) is 0 Å². The first-order valence-electron chi connectivity index (χ1n) is 5.23. The lowest BCUT2D eigenvalue weighted by atomic mass is 10.0. The van der Waals surface area contributed by atoms with Gasteiger partial charge in [-0.25, -0.2) is 0 Å². The molecule has 1 aromatic carbocycles. The minimum Gasteiger partial charge on any atom is -0.469 e. The summed E-state index contributed by atoms with van der Waals surface area (Å²) in [5.74, 6) is -0.472. The molecule has 0 spiro atoms. The van der Waals surface area contributed by atoms with Gasteiger partial charge in [0.15, 0.2) is 0 Å². The van der Waals surface area contributed by atoms with Gasteiger partial charge in [-0.1, -0.05) is 12.1 Å². The Morgan fingerprint density at radius 3 is 2.41 bits per heavy atom. The van der Waals surface area contributed by atoms with E-state index in [0.29, 0.717) is 5.69 Å². The molecule has 0 aliphatic heterocycles. The van der Waals surface area contributed by atoms with Gasteiger partial charge in [0.1, 0.15) is 0 Å². The fraction of sp³-hybridized carbons (Fsp3) is 0.333. The van der Waals surface area contributed by atoms with Gasteiger partial charge in [-0.2, -0.15) is 0 Å². The number of methoxy groups -OCH3 is 1. The molecule has 17 heavy (non-hydrogen) atoms. The van der Waals surface area contributed by atoms with E-state index < -0.39 is 6.04 Å². The van der Waals surface area contributed by atoms with Crippen molar-refractivity contribution in [2.24, 2.45) is 5.73 Å². The van der Waals surface area contributed by atoms with Crippen LogP contribution >= 0.6 is 0 Å². The van der Waals surface area contributed by atoms with E-state index in [2.05, 4.69) is 10.1 Å². The van der Waals surface area contributed by atoms with Gasteiger partial charge in [-0.3, -0.25) is 9.59 Å². The summed E-state index contributed by atoms with van der Waals surface area (Å²) in [5, 5.41) is 2.65. The Hall–Kier alpha value is -1.88. The molecule has 1 amide bonds. The van der Waals surface area contributed by atoms with Gasteiger partial charge in [0.2, 0.25) is 5.91 Å². The summed E-state index contributed by atoms with van der Waals surface area (Å²) in [5.41, 5.74) is 7.36. The highest BCUT2D eigenvalue weighted by Gasteiger charge is 2.11. The van der Waals surface area contributed by atoms with Gasteiger partial charge in [0.25, 0.3) is 0 Å². The summed E-state index contributed by atoms with van der Waals surface area (Å²) in [6.07, 6.45) is 0.135. The smallest absolute Gasteiger partial charge is 0.307 e. The van der Waals surface area contributed by atoms with E-state index >= 15 is 0 Å². The first-order chi connectivity index (χ1) is 8.02. The van der Waals surface area contributed by atoms with Crippen LogP contribution in [0.1, 0.15) is 24.9 Å². The molecule has 5 nitrogen and oxygen atoms in total. The van der Waals surface area contributed by atoms with Crippen molar-refractivity contribution in [2.45, 2.75) is 19.4 Å². The minimum absolute atomic E-state index is 0.128. The van der Waals surface area contributed by atoms with Gasteiger partial charge < -0.3 is 15.8 Å². The lowest BCUT2D eigenvalue weighted by Crippen LogP contribution is -2.16. The van der Waals surface area contributed by atoms with Crippen molar-refractivity contribution < 1.29 is 14.3 Å². The van der Waals surface area contributed by atoms with Crippen molar-refractivity contribution in [3.8, 4) is 0 Å². The highest BCUT2D eigenvalue weighted by Crippen LogP contribution is 2.17. The maximum Gasteiger partial charge on any atom is 0.307 e. The average molecular weight is 236 g/mol. The van der Waals surface area contributed by atoms with E-state index in [9.17, 15) is 9.59 Å². The van der Waals surface area contributed by atoms with Crippen LogP contribution in [0.15, 0.2) is 24.3 Å². The zero-order valence-electron chi connectivity index (χ0n) is 9.90. The molecule has 0 bridgehead atoms. The predicted molar refractivity (Wildman–Crippen MR) is 64.3 cm³/mol. The standard InChI is InChI=1S/C12H16N2O3/c1-8(15)14-10-5-3-9(4-6-10)11(13)7-12(16)17-2/h3-6,11H,7,13H2,1-2H3,(H,14,15)/t11-/m0/s1. The predicted octanol–water partition coefficient (Wildman–Crippen LogP) is 1.21. The fourth-order valence-corrected chi connectivity index (χ4v) is 1.40. The molecule has 1 aromatic rings. The number of amides is 1. The number of anilines is 1. The molecular formula is C12H16N2O3. The zero-order valence-corrected chi connectivity index (χ0v) is 9.90. The van der Waals surface area contributed by atoms with Gasteiger partial charge >= 0.3 is 5.97 Å². The Morgan fingerprint density at radius 1 is 1.35 bits per heavy atom. The van der Waals surface area contributed by atoms with E-state index in [0.717, 1.165) is 5.56 Å². The van der Waals surface area contributed by atoms with Crippen molar-refractivity contribution in [2.75, 3.05) is 12.4 Å². The molecule has 1 rings (SSSR count). The normalized spacial score (nSPS) is 11.7. The van der Waals surface area contributed by atoms with E-state index in [1.165, 1.54) is 14.0 Å². The summed E-state index contributed by atoms with van der Waals surface area (Å²) < 4.78 is 4.54. The Labute approximate surface area is 99.9 Å². The highest BCUT2D eigenvalue weighted by molar-refractivity contribution is 5.88. The largest absolute Gasteiger partial charge is 0.469 e. The van der Waals surface area contributed by atoms with Gasteiger partial charge in [-0.05, 0) is 17.7 Å². The molecule has 0 aromatic heterocycles. The van der Waals surface area contributed by atoms with Crippen LogP contribution in [0, 0.1) is 0 Å². The number of carbonyl (C=O) groups excluding carboxylic acids is 2. The molecule has 0 aliphatic rings. The van der Waals surface area contributed by atoms with Gasteiger partial charge in [0.05, 0.1) is 13.5 Å². The van der Waals surface area contributed by atoms with Crippen LogP contribution < -0.4 is 11.1 Å². The molecule has 0 heterocycles. The molecule has 5 heteroatoms. The maximum absolute atomic E-state index is 11.0. The Balaban J connectivity index is 2.66. The number of hydrogen-bond donors (Lipinski definition) is 2. The molecule has 0 unspecified atom stereocenters. The Morgan fingerprint density at radius 2 is 1.94 bits per heavy atom. The number of nitrogens with two attached hydrogens (primary N) is 1. The first kappa shape index (κ1) is 13.2. The molecule has 0 radical (unpaired) electrons.